The smallest absolute Gasteiger partial charge is 0.328 e. The highest BCUT2D eigenvalue weighted by Gasteiger charge is 2.54. The predicted octanol–water partition coefficient (Wildman–Crippen LogP) is 8.84. The number of nitro benzene ring substituents is 1. The van der Waals surface area contributed by atoms with E-state index < -0.39 is 34.4 Å². The predicted molar refractivity (Wildman–Crippen MR) is 205 cm³/mol. The number of terminal acetylenes is 1. The third-order valence-corrected chi connectivity index (χ3v) is 8.04. The van der Waals surface area contributed by atoms with E-state index in [2.05, 4.69) is 38.9 Å². The second-order valence-corrected chi connectivity index (χ2v) is 12.6. The Morgan fingerprint density at radius 1 is 0.980 bits per heavy atom. The van der Waals surface area contributed by atoms with Gasteiger partial charge in [0.05, 0.1) is 4.92 Å². The highest BCUT2D eigenvalue weighted by Crippen LogP contribution is 2.32. The number of alkyl halides is 1. The van der Waals surface area contributed by atoms with Crippen molar-refractivity contribution in [3.8, 4) is 12.3 Å². The first-order valence-corrected chi connectivity index (χ1v) is 17.5. The molecule has 1 fully saturated rings. The molecule has 0 aromatic heterocycles. The van der Waals surface area contributed by atoms with Crippen molar-refractivity contribution >= 4 is 56.9 Å². The van der Waals surface area contributed by atoms with Gasteiger partial charge < -0.3 is 20.6 Å². The molecule has 12 nitrogen and oxygen atoms in total. The number of urea groups is 2. The number of halogens is 1. The van der Waals surface area contributed by atoms with Crippen LogP contribution in [0.25, 0.3) is 0 Å². The number of nitro groups is 1. The topological polar surface area (TPSA) is 162 Å². The van der Waals surface area contributed by atoms with Crippen LogP contribution in [0.1, 0.15) is 71.6 Å². The molecule has 51 heavy (non-hydrogen) atoms. The van der Waals surface area contributed by atoms with Gasteiger partial charge >= 0.3 is 18.0 Å². The Morgan fingerprint density at radius 2 is 1.51 bits per heavy atom. The number of hydrogen-bond acceptors (Lipinski definition) is 6. The van der Waals surface area contributed by atoms with Gasteiger partial charge in [0.2, 0.25) is 0 Å². The van der Waals surface area contributed by atoms with Gasteiger partial charge in [-0.15, -0.1) is 12.3 Å². The highest BCUT2D eigenvalue weighted by molar-refractivity contribution is 9.08. The summed E-state index contributed by atoms with van der Waals surface area (Å²) in [6.07, 6.45) is 4.78. The molecule has 0 radical (unpaired) electrons. The fraction of sp³-hybridized carbons (Fsp3) is 0.368. The first-order valence-electron chi connectivity index (χ1n) is 16.3. The molecule has 0 spiro atoms. The Kier molecular flexibility index (Phi) is 18.1. The zero-order chi connectivity index (χ0) is 38.9. The van der Waals surface area contributed by atoms with Crippen molar-refractivity contribution in [2.45, 2.75) is 85.3 Å². The number of imide groups is 1. The molecule has 1 aliphatic heterocycles. The molecule has 0 saturated carbocycles. The van der Waals surface area contributed by atoms with Crippen LogP contribution in [0.15, 0.2) is 72.8 Å². The fourth-order valence-corrected chi connectivity index (χ4v) is 5.12. The minimum absolute atomic E-state index is 0.00286. The molecule has 3 N–H and O–H groups in total. The molecule has 1 unspecified atom stereocenters. The molecule has 3 aromatic carbocycles. The van der Waals surface area contributed by atoms with Crippen molar-refractivity contribution in [1.29, 1.82) is 0 Å². The molecule has 0 aliphatic carbocycles. The molecule has 1 aliphatic rings. The monoisotopic (exact) mass is 765 g/mol. The number of nitrogens with one attached hydrogen (secondary N) is 2. The first-order chi connectivity index (χ1) is 24.1. The van der Waals surface area contributed by atoms with E-state index in [1.54, 1.807) is 57.2 Å². The van der Waals surface area contributed by atoms with E-state index in [0.29, 0.717) is 11.4 Å². The standard InChI is InChI=1S/C26H32N4O5.C7H6BrNO2.C3H4.C2H6/c1-16(2)14-21(22(31)32)30-23(33)26(4,5)29(25(30)35)15-18-10-12-19(13-11-18)27-24(34)28-20-9-7-6-8-17(20)3;8-5-6-1-3-7(4-2-6)9(10)11;1-3-2;1-2/h6-13,16,21H,14-15H2,1-5H3,(H,31,32)(H2,27,28,34);1-4H,5H2;1H,2H3;1-2H3. The van der Waals surface area contributed by atoms with Gasteiger partial charge in [-0.1, -0.05) is 86.1 Å². The second-order valence-electron chi connectivity index (χ2n) is 12.0. The van der Waals surface area contributed by atoms with Crippen molar-refractivity contribution < 1.29 is 29.2 Å². The summed E-state index contributed by atoms with van der Waals surface area (Å²) in [5.74, 6) is 0.524. The van der Waals surface area contributed by atoms with Crippen LogP contribution < -0.4 is 10.6 Å². The number of hydrogen-bond donors (Lipinski definition) is 3. The Hall–Kier alpha value is -5.22. The van der Waals surface area contributed by atoms with Crippen LogP contribution in [0.5, 0.6) is 0 Å². The molecule has 3 aromatic rings. The van der Waals surface area contributed by atoms with Gasteiger partial charge in [0, 0.05) is 35.4 Å². The molecule has 4 rings (SSSR count). The van der Waals surface area contributed by atoms with Gasteiger partial charge in [0.25, 0.3) is 11.6 Å². The number of amides is 5. The average molecular weight is 767 g/mol. The number of para-hydroxylation sites is 1. The molecule has 0 bridgehead atoms. The fourth-order valence-electron chi connectivity index (χ4n) is 4.75. The minimum Gasteiger partial charge on any atom is -0.480 e. The molecule has 1 heterocycles. The number of carbonyl (C=O) groups excluding carboxylic acids is 3. The van der Waals surface area contributed by atoms with Crippen LogP contribution >= 0.6 is 15.9 Å². The van der Waals surface area contributed by atoms with Crippen LogP contribution in [0, 0.1) is 35.3 Å². The number of carboxylic acid groups (broad SMARTS) is 1. The number of carbonyl (C=O) groups is 4. The molecule has 5 amide bonds. The summed E-state index contributed by atoms with van der Waals surface area (Å²) in [6, 6.07) is 18.6. The van der Waals surface area contributed by atoms with E-state index >= 15 is 0 Å². The molecular formula is C38H48BrN5O7. The van der Waals surface area contributed by atoms with E-state index in [9.17, 15) is 34.4 Å². The molecule has 13 heteroatoms. The number of carboxylic acids is 1. The average Bonchev–Trinajstić information content (AvgIpc) is 3.25. The zero-order valence-corrected chi connectivity index (χ0v) is 32.0. The van der Waals surface area contributed by atoms with Gasteiger partial charge in [-0.05, 0) is 74.9 Å². The lowest BCUT2D eigenvalue weighted by Crippen LogP contribution is -2.47. The second kappa shape index (κ2) is 21.1. The van der Waals surface area contributed by atoms with Crippen molar-refractivity contribution in [2.24, 2.45) is 5.92 Å². The number of benzene rings is 3. The van der Waals surface area contributed by atoms with E-state index in [1.807, 2.05) is 58.9 Å². The maximum Gasteiger partial charge on any atom is 0.328 e. The van der Waals surface area contributed by atoms with Crippen molar-refractivity contribution in [2.75, 3.05) is 10.6 Å². The number of nitrogens with zero attached hydrogens (tertiary/aromatic N) is 3. The van der Waals surface area contributed by atoms with Crippen molar-refractivity contribution in [3.05, 3.63) is 99.6 Å². The Morgan fingerprint density at radius 3 is 1.98 bits per heavy atom. The minimum atomic E-state index is -1.21. The van der Waals surface area contributed by atoms with E-state index in [4.69, 9.17) is 0 Å². The van der Waals surface area contributed by atoms with E-state index in [1.165, 1.54) is 17.0 Å². The van der Waals surface area contributed by atoms with Crippen LogP contribution in [0.2, 0.25) is 0 Å². The Balaban J connectivity index is 0.000000676. The quantitative estimate of drug-likeness (QED) is 0.0611. The Labute approximate surface area is 308 Å². The maximum atomic E-state index is 13.2. The number of aliphatic carboxylic acids is 1. The van der Waals surface area contributed by atoms with Gasteiger partial charge in [-0.3, -0.25) is 14.9 Å². The van der Waals surface area contributed by atoms with Gasteiger partial charge in [0.15, 0.2) is 0 Å². The lowest BCUT2D eigenvalue weighted by atomic mass is 10.00. The summed E-state index contributed by atoms with van der Waals surface area (Å²) in [7, 11) is 0. The zero-order valence-electron chi connectivity index (χ0n) is 30.4. The number of aryl methyl sites for hydroxylation is 1. The summed E-state index contributed by atoms with van der Waals surface area (Å²) in [5.41, 5.74) is 2.94. The third-order valence-electron chi connectivity index (χ3n) is 7.39. The first kappa shape index (κ1) is 43.8. The lowest BCUT2D eigenvalue weighted by Gasteiger charge is -2.27. The SMILES string of the molecule is C#CC.CC.Cc1ccccc1NC(=O)Nc1ccc(CN2C(=O)N(C(CC(C)C)C(=O)O)C(=O)C2(C)C)cc1.O=[N+]([O-])c1ccc(CBr)cc1. The highest BCUT2D eigenvalue weighted by atomic mass is 79.9. The largest absolute Gasteiger partial charge is 0.480 e. The van der Waals surface area contributed by atoms with Gasteiger partial charge in [-0.2, -0.15) is 0 Å². The number of rotatable bonds is 10. The van der Waals surface area contributed by atoms with Gasteiger partial charge in [-0.25, -0.2) is 19.3 Å². The number of non-ortho nitro benzene ring substituents is 1. The van der Waals surface area contributed by atoms with Crippen molar-refractivity contribution in [1.82, 2.24) is 9.80 Å². The number of anilines is 2. The summed E-state index contributed by atoms with van der Waals surface area (Å²) < 4.78 is 0. The van der Waals surface area contributed by atoms with Crippen molar-refractivity contribution in [3.63, 3.8) is 0 Å². The van der Waals surface area contributed by atoms with Gasteiger partial charge in [0.1, 0.15) is 11.6 Å². The lowest BCUT2D eigenvalue weighted by molar-refractivity contribution is -0.384. The summed E-state index contributed by atoms with van der Waals surface area (Å²) in [5, 5.41) is 26.2. The summed E-state index contributed by atoms with van der Waals surface area (Å²) >= 11 is 3.25. The summed E-state index contributed by atoms with van der Waals surface area (Å²) in [4.78, 5) is 62.5. The molecule has 274 valence electrons. The van der Waals surface area contributed by atoms with E-state index in [0.717, 1.165) is 26.9 Å². The Bertz CT molecular complexity index is 1670. The molecule has 1 atom stereocenters. The molecule has 1 saturated heterocycles. The normalized spacial score (nSPS) is 13.3. The van der Waals surface area contributed by atoms with Crippen LogP contribution in [0.4, 0.5) is 26.7 Å². The third kappa shape index (κ3) is 12.9. The summed E-state index contributed by atoms with van der Waals surface area (Å²) in [6.45, 7) is 14.6. The van der Waals surface area contributed by atoms with Crippen LogP contribution in [-0.2, 0) is 21.5 Å². The van der Waals surface area contributed by atoms with Crippen LogP contribution in [0.3, 0.4) is 0 Å². The maximum absolute atomic E-state index is 13.2. The molecular weight excluding hydrogens is 718 g/mol. The van der Waals surface area contributed by atoms with Crippen LogP contribution in [-0.4, -0.2) is 55.3 Å². The van der Waals surface area contributed by atoms with E-state index in [-0.39, 0.29) is 30.6 Å².